The number of hydrogen-bond acceptors (Lipinski definition) is 8. The number of aryl methyl sites for hydroxylation is 1. The fourth-order valence-corrected chi connectivity index (χ4v) is 2.48. The van der Waals surface area contributed by atoms with Crippen LogP contribution in [0.5, 0.6) is 11.5 Å². The summed E-state index contributed by atoms with van der Waals surface area (Å²) in [5, 5.41) is 17.3. The molecular formula is C19H14ClN3O7. The van der Waals surface area contributed by atoms with Gasteiger partial charge in [0.15, 0.2) is 6.61 Å². The molecule has 0 fully saturated rings. The Labute approximate surface area is 174 Å². The van der Waals surface area contributed by atoms with Gasteiger partial charge < -0.3 is 14.0 Å². The van der Waals surface area contributed by atoms with Gasteiger partial charge in [-0.15, -0.1) is 0 Å². The maximum Gasteiger partial charge on any atom is 0.338 e. The number of carbonyl (C=O) groups excluding carboxylic acids is 2. The maximum atomic E-state index is 12.1. The van der Waals surface area contributed by atoms with E-state index in [0.29, 0.717) is 5.69 Å². The first-order valence-electron chi connectivity index (χ1n) is 8.44. The number of nitrogens with one attached hydrogen (secondary N) is 1. The van der Waals surface area contributed by atoms with Crippen LogP contribution in [0.3, 0.4) is 0 Å². The predicted octanol–water partition coefficient (Wildman–Crippen LogP) is 4.13. The van der Waals surface area contributed by atoms with Gasteiger partial charge in [0, 0.05) is 17.2 Å². The van der Waals surface area contributed by atoms with E-state index in [-0.39, 0.29) is 33.7 Å². The van der Waals surface area contributed by atoms with Gasteiger partial charge in [-0.25, -0.2) is 4.79 Å². The summed E-state index contributed by atoms with van der Waals surface area (Å²) >= 11 is 5.77. The lowest BCUT2D eigenvalue weighted by Gasteiger charge is -2.08. The molecule has 154 valence electrons. The monoisotopic (exact) mass is 431 g/mol. The van der Waals surface area contributed by atoms with Crippen molar-refractivity contribution in [1.82, 2.24) is 5.16 Å². The minimum absolute atomic E-state index is 0.000879. The Morgan fingerprint density at radius 3 is 2.57 bits per heavy atom. The zero-order valence-electron chi connectivity index (χ0n) is 15.5. The van der Waals surface area contributed by atoms with Crippen molar-refractivity contribution >= 4 is 35.0 Å². The van der Waals surface area contributed by atoms with Crippen LogP contribution in [0, 0.1) is 17.0 Å². The molecule has 1 aromatic heterocycles. The minimum Gasteiger partial charge on any atom is -0.452 e. The Hall–Kier alpha value is -3.92. The molecule has 3 aromatic rings. The van der Waals surface area contributed by atoms with Crippen LogP contribution in [0.2, 0.25) is 5.02 Å². The Morgan fingerprint density at radius 2 is 1.93 bits per heavy atom. The van der Waals surface area contributed by atoms with E-state index in [2.05, 4.69) is 10.5 Å². The molecule has 0 atom stereocenters. The molecule has 1 N–H and O–H groups in total. The Kier molecular flexibility index (Phi) is 6.28. The molecule has 0 saturated carbocycles. The number of esters is 1. The second-order valence-corrected chi connectivity index (χ2v) is 6.39. The lowest BCUT2D eigenvalue weighted by molar-refractivity contribution is -0.385. The highest BCUT2D eigenvalue weighted by atomic mass is 35.5. The normalized spacial score (nSPS) is 10.3. The molecule has 30 heavy (non-hydrogen) atoms. The Morgan fingerprint density at radius 1 is 1.20 bits per heavy atom. The molecule has 0 saturated heterocycles. The number of anilines is 1. The minimum atomic E-state index is -0.733. The van der Waals surface area contributed by atoms with E-state index in [4.69, 9.17) is 25.6 Å². The fourth-order valence-electron chi connectivity index (χ4n) is 2.32. The SMILES string of the molecule is Cc1cc(NC(=O)COC(=O)c2ccc(Oc3ccc(Cl)cc3[N+](=O)[O-])cc2)on1. The van der Waals surface area contributed by atoms with E-state index in [1.807, 2.05) is 0 Å². The van der Waals surface area contributed by atoms with Crippen molar-refractivity contribution in [2.45, 2.75) is 6.92 Å². The first kappa shape index (κ1) is 20.8. The summed E-state index contributed by atoms with van der Waals surface area (Å²) in [6.07, 6.45) is 0. The van der Waals surface area contributed by atoms with Crippen molar-refractivity contribution in [3.8, 4) is 11.5 Å². The molecule has 1 heterocycles. The van der Waals surface area contributed by atoms with Crippen LogP contribution in [-0.2, 0) is 9.53 Å². The Balaban J connectivity index is 1.58. The largest absolute Gasteiger partial charge is 0.452 e. The fraction of sp³-hybridized carbons (Fsp3) is 0.105. The molecule has 11 heteroatoms. The van der Waals surface area contributed by atoms with E-state index < -0.39 is 23.4 Å². The molecule has 3 rings (SSSR count). The number of ether oxygens (including phenoxy) is 2. The van der Waals surface area contributed by atoms with Crippen LogP contribution < -0.4 is 10.1 Å². The number of hydrogen-bond donors (Lipinski definition) is 1. The highest BCUT2D eigenvalue weighted by molar-refractivity contribution is 6.30. The highest BCUT2D eigenvalue weighted by Crippen LogP contribution is 2.33. The van der Waals surface area contributed by atoms with Crippen molar-refractivity contribution in [1.29, 1.82) is 0 Å². The summed E-state index contributed by atoms with van der Waals surface area (Å²) in [5.41, 5.74) is 0.462. The lowest BCUT2D eigenvalue weighted by atomic mass is 10.2. The van der Waals surface area contributed by atoms with Crippen LogP contribution in [0.25, 0.3) is 0 Å². The summed E-state index contributed by atoms with van der Waals surface area (Å²) in [5.74, 6) is -0.918. The summed E-state index contributed by atoms with van der Waals surface area (Å²) in [6, 6.07) is 11.2. The van der Waals surface area contributed by atoms with Crippen molar-refractivity contribution in [3.05, 3.63) is 74.9 Å². The molecule has 0 unspecified atom stereocenters. The van der Waals surface area contributed by atoms with Crippen molar-refractivity contribution in [3.63, 3.8) is 0 Å². The van der Waals surface area contributed by atoms with Crippen molar-refractivity contribution in [2.75, 3.05) is 11.9 Å². The number of rotatable bonds is 7. The van der Waals surface area contributed by atoms with E-state index >= 15 is 0 Å². The van der Waals surface area contributed by atoms with Gasteiger partial charge in [0.05, 0.1) is 16.2 Å². The number of aromatic nitrogens is 1. The first-order valence-corrected chi connectivity index (χ1v) is 8.82. The second-order valence-electron chi connectivity index (χ2n) is 5.95. The van der Waals surface area contributed by atoms with Gasteiger partial charge in [0.1, 0.15) is 5.75 Å². The molecule has 0 spiro atoms. The number of benzene rings is 2. The summed E-state index contributed by atoms with van der Waals surface area (Å²) in [7, 11) is 0. The molecular weight excluding hydrogens is 418 g/mol. The van der Waals surface area contributed by atoms with E-state index in [9.17, 15) is 19.7 Å². The van der Waals surface area contributed by atoms with Crippen LogP contribution in [-0.4, -0.2) is 28.6 Å². The number of carbonyl (C=O) groups is 2. The number of nitro benzene ring substituents is 1. The van der Waals surface area contributed by atoms with Crippen LogP contribution in [0.15, 0.2) is 53.1 Å². The van der Waals surface area contributed by atoms with Gasteiger partial charge in [-0.2, -0.15) is 0 Å². The molecule has 0 radical (unpaired) electrons. The van der Waals surface area contributed by atoms with Gasteiger partial charge in [0.2, 0.25) is 11.6 Å². The third-order valence-corrected chi connectivity index (χ3v) is 3.90. The van der Waals surface area contributed by atoms with Gasteiger partial charge in [-0.1, -0.05) is 16.8 Å². The smallest absolute Gasteiger partial charge is 0.338 e. The molecule has 0 aliphatic heterocycles. The van der Waals surface area contributed by atoms with E-state index in [1.54, 1.807) is 6.92 Å². The third kappa shape index (κ3) is 5.32. The van der Waals surface area contributed by atoms with Crippen LogP contribution in [0.4, 0.5) is 11.6 Å². The molecule has 1 amide bonds. The van der Waals surface area contributed by atoms with Crippen molar-refractivity contribution < 1.29 is 28.5 Å². The number of halogens is 1. The first-order chi connectivity index (χ1) is 14.3. The van der Waals surface area contributed by atoms with Gasteiger partial charge in [-0.05, 0) is 43.3 Å². The zero-order valence-corrected chi connectivity index (χ0v) is 16.2. The number of nitrogens with zero attached hydrogens (tertiary/aromatic N) is 2. The topological polar surface area (TPSA) is 134 Å². The van der Waals surface area contributed by atoms with E-state index in [0.717, 1.165) is 0 Å². The highest BCUT2D eigenvalue weighted by Gasteiger charge is 2.17. The van der Waals surface area contributed by atoms with Crippen molar-refractivity contribution in [2.24, 2.45) is 0 Å². The van der Waals surface area contributed by atoms with Crippen LogP contribution >= 0.6 is 11.6 Å². The standard InChI is InChI=1S/C19H14ClN3O7/c1-11-8-18(30-22-11)21-17(24)10-28-19(25)12-2-5-14(6-3-12)29-16-7-4-13(20)9-15(16)23(26)27/h2-9H,10H2,1H3,(H,21,24). The van der Waals surface area contributed by atoms with Gasteiger partial charge >= 0.3 is 11.7 Å². The van der Waals surface area contributed by atoms with E-state index in [1.165, 1.54) is 48.5 Å². The summed E-state index contributed by atoms with van der Waals surface area (Å²) in [6.45, 7) is 1.17. The predicted molar refractivity (Wildman–Crippen MR) is 105 cm³/mol. The van der Waals surface area contributed by atoms with Crippen LogP contribution in [0.1, 0.15) is 16.1 Å². The number of nitro groups is 1. The third-order valence-electron chi connectivity index (χ3n) is 3.66. The van der Waals surface area contributed by atoms with Gasteiger partial charge in [-0.3, -0.25) is 20.2 Å². The Bertz CT molecular complexity index is 1100. The lowest BCUT2D eigenvalue weighted by Crippen LogP contribution is -2.20. The molecule has 0 aliphatic carbocycles. The zero-order chi connectivity index (χ0) is 21.7. The van der Waals surface area contributed by atoms with Gasteiger partial charge in [0.25, 0.3) is 5.91 Å². The second kappa shape index (κ2) is 9.05. The summed E-state index contributed by atoms with van der Waals surface area (Å²) in [4.78, 5) is 34.3. The average molecular weight is 432 g/mol. The summed E-state index contributed by atoms with van der Waals surface area (Å²) < 4.78 is 15.3. The quantitative estimate of drug-likeness (QED) is 0.335. The maximum absolute atomic E-state index is 12.1. The molecule has 2 aromatic carbocycles. The average Bonchev–Trinajstić information content (AvgIpc) is 3.12. The number of amides is 1. The molecule has 0 bridgehead atoms. The molecule has 10 nitrogen and oxygen atoms in total. The molecule has 0 aliphatic rings.